The number of fused-ring (bicyclic) bond motifs is 1. The summed E-state index contributed by atoms with van der Waals surface area (Å²) in [5.74, 6) is -4.43. The predicted octanol–water partition coefficient (Wildman–Crippen LogP) is 4.52. The Kier molecular flexibility index (Phi) is 7.13. The zero-order valence-corrected chi connectivity index (χ0v) is 20.1. The molecule has 0 atom stereocenters. The number of alkyl halides is 5. The van der Waals surface area contributed by atoms with Crippen LogP contribution in [-0.4, -0.2) is 34.5 Å². The van der Waals surface area contributed by atoms with E-state index < -0.39 is 29.6 Å². The van der Waals surface area contributed by atoms with Crippen molar-refractivity contribution >= 4 is 22.7 Å². The van der Waals surface area contributed by atoms with Crippen LogP contribution in [0.5, 0.6) is 0 Å². The fraction of sp³-hybridized carbons (Fsp3) is 0.391. The summed E-state index contributed by atoms with van der Waals surface area (Å²) in [6, 6.07) is 7.82. The van der Waals surface area contributed by atoms with Crippen LogP contribution in [0, 0.1) is 11.3 Å². The fourth-order valence-corrected chi connectivity index (χ4v) is 4.23. The molecule has 0 aromatic carbocycles. The molecule has 0 bridgehead atoms. The molecule has 0 aliphatic heterocycles. The topological polar surface area (TPSA) is 71.8 Å². The number of rotatable bonds is 7. The number of nitrogens with zero attached hydrogens (tertiary/aromatic N) is 4. The molecule has 0 fully saturated rings. The van der Waals surface area contributed by atoms with Gasteiger partial charge in [-0.2, -0.15) is 27.2 Å². The van der Waals surface area contributed by atoms with Crippen LogP contribution in [0.2, 0.25) is 0 Å². The van der Waals surface area contributed by atoms with Crippen molar-refractivity contribution < 1.29 is 31.5 Å². The van der Waals surface area contributed by atoms with E-state index in [9.17, 15) is 32.0 Å². The van der Waals surface area contributed by atoms with Crippen molar-refractivity contribution in [1.29, 1.82) is 5.26 Å². The molecule has 3 aromatic heterocycles. The Balaban J connectivity index is 2.23. The zero-order chi connectivity index (χ0) is 26.2. The summed E-state index contributed by atoms with van der Waals surface area (Å²) < 4.78 is 67.5. The number of thioether (sulfide) groups is 1. The Hall–Kier alpha value is -3.20. The van der Waals surface area contributed by atoms with E-state index >= 15 is 0 Å². The van der Waals surface area contributed by atoms with Crippen LogP contribution in [0.4, 0.5) is 22.0 Å². The lowest BCUT2D eigenvalue weighted by Crippen LogP contribution is -2.44. The minimum Gasteiger partial charge on any atom is -0.300 e. The van der Waals surface area contributed by atoms with Crippen LogP contribution < -0.4 is 15.1 Å². The van der Waals surface area contributed by atoms with E-state index in [-0.39, 0.29) is 10.9 Å². The number of hydrogen-bond acceptors (Lipinski definition) is 5. The Bertz CT molecular complexity index is 1360. The first-order chi connectivity index (χ1) is 16.3. The molecule has 0 aliphatic carbocycles. The molecular weight excluding hydrogens is 491 g/mol. The Morgan fingerprint density at radius 3 is 2.46 bits per heavy atom. The summed E-state index contributed by atoms with van der Waals surface area (Å²) >= 11 is 1.46. The minimum atomic E-state index is -5.81. The second-order valence-electron chi connectivity index (χ2n) is 8.21. The molecule has 186 valence electrons. The monoisotopic (exact) mass is 513 g/mol. The second kappa shape index (κ2) is 9.45. The normalized spacial score (nSPS) is 12.6. The first kappa shape index (κ1) is 26.4. The summed E-state index contributed by atoms with van der Waals surface area (Å²) in [6.45, 7) is 3.58. The average molecular weight is 514 g/mol. The molecular formula is C23H22F5N4O2S+. The van der Waals surface area contributed by atoms with Gasteiger partial charge in [0.15, 0.2) is 0 Å². The van der Waals surface area contributed by atoms with Crippen molar-refractivity contribution in [1.82, 2.24) is 9.55 Å². The van der Waals surface area contributed by atoms with E-state index in [4.69, 9.17) is 4.84 Å². The van der Waals surface area contributed by atoms with Crippen molar-refractivity contribution in [2.24, 2.45) is 0 Å². The van der Waals surface area contributed by atoms with Crippen LogP contribution >= 0.6 is 11.8 Å². The molecule has 0 amide bonds. The molecule has 0 spiro atoms. The predicted molar refractivity (Wildman–Crippen MR) is 120 cm³/mol. The Morgan fingerprint density at radius 2 is 1.89 bits per heavy atom. The molecule has 3 heterocycles. The van der Waals surface area contributed by atoms with Crippen LogP contribution in [0.3, 0.4) is 0 Å². The third kappa shape index (κ3) is 5.10. The molecule has 3 aromatic rings. The third-order valence-corrected chi connectivity index (χ3v) is 6.30. The molecule has 12 heteroatoms. The van der Waals surface area contributed by atoms with Crippen LogP contribution in [0.1, 0.15) is 26.3 Å². The van der Waals surface area contributed by atoms with Crippen LogP contribution in [0.25, 0.3) is 22.3 Å². The lowest BCUT2D eigenvalue weighted by molar-refractivity contribution is -0.878. The quantitative estimate of drug-likeness (QED) is 0.264. The van der Waals surface area contributed by atoms with E-state index in [0.717, 1.165) is 17.2 Å². The summed E-state index contributed by atoms with van der Waals surface area (Å²) in [5, 5.41) is 9.78. The lowest BCUT2D eigenvalue weighted by atomic mass is 9.87. The molecule has 0 N–H and O–H groups in total. The van der Waals surface area contributed by atoms with Crippen molar-refractivity contribution in [2.75, 3.05) is 12.9 Å². The second-order valence-corrected chi connectivity index (χ2v) is 9.51. The standard InChI is InChI=1S/C23H22F5N4O2S/c1-5-35-18-9-15(21(2,3)12-29)11-32(34-4)20(18)16-8-14-6-7-19(33)31(17(14)10-30-16)13-22(24,25)23(26,27)28/h6-11H,5,13H2,1-4H3/q+1. The van der Waals surface area contributed by atoms with Gasteiger partial charge >= 0.3 is 12.1 Å². The summed E-state index contributed by atoms with van der Waals surface area (Å²) in [5.41, 5.74) is -0.472. The Morgan fingerprint density at radius 1 is 1.20 bits per heavy atom. The van der Waals surface area contributed by atoms with Gasteiger partial charge in [0.2, 0.25) is 6.20 Å². The number of aromatic nitrogens is 3. The van der Waals surface area contributed by atoms with Gasteiger partial charge in [0.05, 0.1) is 34.6 Å². The molecule has 6 nitrogen and oxygen atoms in total. The molecule has 0 radical (unpaired) electrons. The first-order valence-electron chi connectivity index (χ1n) is 10.4. The van der Waals surface area contributed by atoms with Crippen molar-refractivity contribution in [2.45, 2.75) is 49.7 Å². The van der Waals surface area contributed by atoms with Gasteiger partial charge in [-0.1, -0.05) is 6.92 Å². The van der Waals surface area contributed by atoms with Gasteiger partial charge in [0.25, 0.3) is 11.3 Å². The Labute approximate surface area is 201 Å². The average Bonchev–Trinajstić information content (AvgIpc) is 2.79. The minimum absolute atomic E-state index is 0.166. The summed E-state index contributed by atoms with van der Waals surface area (Å²) in [7, 11) is 1.42. The molecule has 3 rings (SSSR count). The highest BCUT2D eigenvalue weighted by Crippen LogP contribution is 2.37. The molecule has 35 heavy (non-hydrogen) atoms. The zero-order valence-electron chi connectivity index (χ0n) is 19.3. The fourth-order valence-electron chi connectivity index (χ4n) is 3.37. The smallest absolute Gasteiger partial charge is 0.300 e. The lowest BCUT2D eigenvalue weighted by Gasteiger charge is -2.21. The number of nitriles is 1. The summed E-state index contributed by atoms with van der Waals surface area (Å²) in [4.78, 5) is 22.7. The molecule has 0 saturated carbocycles. The van der Waals surface area contributed by atoms with Gasteiger partial charge in [0, 0.05) is 21.7 Å². The maximum Gasteiger partial charge on any atom is 0.455 e. The first-order valence-corrected chi connectivity index (χ1v) is 11.4. The maximum absolute atomic E-state index is 13.7. The maximum atomic E-state index is 13.7. The molecule has 0 saturated heterocycles. The number of hydrogen-bond donors (Lipinski definition) is 0. The van der Waals surface area contributed by atoms with Crippen molar-refractivity contribution in [3.05, 3.63) is 52.6 Å². The van der Waals surface area contributed by atoms with Gasteiger partial charge in [0.1, 0.15) is 12.8 Å². The number of halogens is 5. The largest absolute Gasteiger partial charge is 0.455 e. The number of pyridine rings is 3. The van der Waals surface area contributed by atoms with E-state index in [0.29, 0.717) is 27.3 Å². The van der Waals surface area contributed by atoms with E-state index in [1.165, 1.54) is 35.7 Å². The van der Waals surface area contributed by atoms with Gasteiger partial charge in [-0.05, 0) is 37.8 Å². The highest BCUT2D eigenvalue weighted by Gasteiger charge is 2.57. The molecule has 0 aliphatic rings. The van der Waals surface area contributed by atoms with E-state index in [1.54, 1.807) is 20.0 Å². The van der Waals surface area contributed by atoms with Crippen LogP contribution in [0.15, 0.2) is 46.3 Å². The highest BCUT2D eigenvalue weighted by atomic mass is 32.2. The van der Waals surface area contributed by atoms with Gasteiger partial charge in [-0.15, -0.1) is 11.8 Å². The van der Waals surface area contributed by atoms with Crippen LogP contribution in [-0.2, 0) is 12.0 Å². The van der Waals surface area contributed by atoms with E-state index in [2.05, 4.69) is 11.1 Å². The molecule has 0 unspecified atom stereocenters. The van der Waals surface area contributed by atoms with Crippen molar-refractivity contribution in [3.63, 3.8) is 0 Å². The summed E-state index contributed by atoms with van der Waals surface area (Å²) in [6.07, 6.45) is -3.09. The van der Waals surface area contributed by atoms with E-state index in [1.807, 2.05) is 13.0 Å². The van der Waals surface area contributed by atoms with Gasteiger partial charge in [-0.25, -0.2) is 4.98 Å². The van der Waals surface area contributed by atoms with Gasteiger partial charge in [-0.3, -0.25) is 9.63 Å². The van der Waals surface area contributed by atoms with Gasteiger partial charge < -0.3 is 4.57 Å². The SMILES string of the molecule is CCSc1cc(C(C)(C)C#N)c[n+](OC)c1-c1cc2ccc(=O)n(CC(F)(F)C(F)(F)F)c2cn1. The van der Waals surface area contributed by atoms with Crippen molar-refractivity contribution in [3.8, 4) is 17.5 Å². The third-order valence-electron chi connectivity index (χ3n) is 5.38. The highest BCUT2D eigenvalue weighted by molar-refractivity contribution is 7.99.